The Morgan fingerprint density at radius 3 is 2.72 bits per heavy atom. The zero-order valence-corrected chi connectivity index (χ0v) is 16.5. The van der Waals surface area contributed by atoms with Gasteiger partial charge in [-0.3, -0.25) is 9.20 Å². The van der Waals surface area contributed by atoms with Crippen molar-refractivity contribution in [3.05, 3.63) is 58.7 Å². The zero-order valence-electron chi connectivity index (χ0n) is 16.5. The predicted octanol–water partition coefficient (Wildman–Crippen LogP) is 3.50. The van der Waals surface area contributed by atoms with Crippen LogP contribution in [0.2, 0.25) is 0 Å². The Balaban J connectivity index is 1.48. The van der Waals surface area contributed by atoms with E-state index in [1.54, 1.807) is 9.30 Å². The summed E-state index contributed by atoms with van der Waals surface area (Å²) in [6.07, 6.45) is 2.73. The van der Waals surface area contributed by atoms with E-state index in [0.717, 1.165) is 24.2 Å². The molecular weight excluding hydrogens is 376 g/mol. The summed E-state index contributed by atoms with van der Waals surface area (Å²) in [7, 11) is 0. The van der Waals surface area contributed by atoms with Crippen LogP contribution < -0.4 is 0 Å². The molecule has 29 heavy (non-hydrogen) atoms. The lowest BCUT2D eigenvalue weighted by atomic mass is 9.91. The van der Waals surface area contributed by atoms with E-state index >= 15 is 0 Å². The molecule has 1 fully saturated rings. The molecule has 0 unspecified atom stereocenters. The second-order valence-electron chi connectivity index (χ2n) is 7.70. The van der Waals surface area contributed by atoms with Gasteiger partial charge in [0.15, 0.2) is 0 Å². The Morgan fingerprint density at radius 1 is 1.21 bits per heavy atom. The summed E-state index contributed by atoms with van der Waals surface area (Å²) in [6.45, 7) is 4.94. The average molecular weight is 399 g/mol. The molecule has 1 atom stereocenters. The number of hydrogen-bond donors (Lipinski definition) is 0. The summed E-state index contributed by atoms with van der Waals surface area (Å²) >= 11 is 0. The summed E-state index contributed by atoms with van der Waals surface area (Å²) in [5.74, 6) is -0.357. The molecular formula is C21H23F2N5O. The highest BCUT2D eigenvalue weighted by Crippen LogP contribution is 2.24. The highest BCUT2D eigenvalue weighted by Gasteiger charge is 2.28. The number of rotatable bonds is 4. The van der Waals surface area contributed by atoms with Gasteiger partial charge in [-0.05, 0) is 63.6 Å². The van der Waals surface area contributed by atoms with Gasteiger partial charge in [-0.1, -0.05) is 6.07 Å². The smallest absolute Gasteiger partial charge is 0.292 e. The molecule has 152 valence electrons. The molecule has 2 aromatic heterocycles. The first-order valence-corrected chi connectivity index (χ1v) is 9.85. The van der Waals surface area contributed by atoms with Gasteiger partial charge >= 0.3 is 0 Å². The number of likely N-dealkylation sites (tertiary alicyclic amines) is 1. The minimum Gasteiger partial charge on any atom is -0.336 e. The molecule has 0 saturated carbocycles. The van der Waals surface area contributed by atoms with Crippen molar-refractivity contribution in [2.24, 2.45) is 5.92 Å². The van der Waals surface area contributed by atoms with Gasteiger partial charge < -0.3 is 4.90 Å². The third-order valence-corrected chi connectivity index (χ3v) is 5.55. The molecule has 0 spiro atoms. The number of aryl methyl sites for hydroxylation is 2. The Labute approximate surface area is 167 Å². The molecule has 1 aromatic carbocycles. The number of nitrogens with zero attached hydrogens (tertiary/aromatic N) is 5. The maximum Gasteiger partial charge on any atom is 0.292 e. The van der Waals surface area contributed by atoms with Crippen molar-refractivity contribution in [2.75, 3.05) is 13.1 Å². The number of carbonyl (C=O) groups excluding carboxylic acids is 1. The van der Waals surface area contributed by atoms with E-state index in [2.05, 4.69) is 15.2 Å². The van der Waals surface area contributed by atoms with Crippen molar-refractivity contribution < 1.29 is 13.6 Å². The molecule has 0 radical (unpaired) electrons. The van der Waals surface area contributed by atoms with Crippen LogP contribution in [0.5, 0.6) is 0 Å². The first kappa shape index (κ1) is 19.4. The number of carbonyl (C=O) groups is 1. The zero-order chi connectivity index (χ0) is 20.5. The molecule has 1 saturated heterocycles. The average Bonchev–Trinajstić information content (AvgIpc) is 3.11. The van der Waals surface area contributed by atoms with Gasteiger partial charge in [0, 0.05) is 30.0 Å². The third-order valence-electron chi connectivity index (χ3n) is 5.55. The van der Waals surface area contributed by atoms with Crippen LogP contribution >= 0.6 is 0 Å². The number of halogens is 2. The number of amides is 1. The fourth-order valence-electron chi connectivity index (χ4n) is 4.11. The van der Waals surface area contributed by atoms with E-state index in [-0.39, 0.29) is 23.2 Å². The summed E-state index contributed by atoms with van der Waals surface area (Å²) < 4.78 is 29.4. The van der Waals surface area contributed by atoms with Crippen molar-refractivity contribution in [3.63, 3.8) is 0 Å². The molecule has 6 nitrogen and oxygen atoms in total. The fourth-order valence-corrected chi connectivity index (χ4v) is 4.11. The topological polar surface area (TPSA) is 63.4 Å². The van der Waals surface area contributed by atoms with Gasteiger partial charge in [0.05, 0.1) is 0 Å². The first-order chi connectivity index (χ1) is 13.9. The molecule has 8 heteroatoms. The minimum absolute atomic E-state index is 0.122. The van der Waals surface area contributed by atoms with E-state index in [0.29, 0.717) is 31.7 Å². The van der Waals surface area contributed by atoms with Crippen LogP contribution in [0.25, 0.3) is 5.78 Å². The SMILES string of the molecule is Cc1cc(C)n2c(C(=O)N3CCC[C@H](CCc4c(F)cccc4F)C3)nnc2n1. The highest BCUT2D eigenvalue weighted by molar-refractivity contribution is 5.91. The maximum absolute atomic E-state index is 13.9. The van der Waals surface area contributed by atoms with Crippen LogP contribution in [0, 0.1) is 31.4 Å². The Kier molecular flexibility index (Phi) is 5.25. The van der Waals surface area contributed by atoms with Gasteiger partial charge in [-0.15, -0.1) is 10.2 Å². The van der Waals surface area contributed by atoms with Crippen LogP contribution in [0.1, 0.15) is 46.8 Å². The van der Waals surface area contributed by atoms with Crippen LogP contribution in [0.15, 0.2) is 24.3 Å². The highest BCUT2D eigenvalue weighted by atomic mass is 19.1. The minimum atomic E-state index is -0.512. The fraction of sp³-hybridized carbons (Fsp3) is 0.429. The van der Waals surface area contributed by atoms with E-state index in [9.17, 15) is 13.6 Å². The molecule has 4 rings (SSSR count). The monoisotopic (exact) mass is 399 g/mol. The maximum atomic E-state index is 13.9. The molecule has 3 aromatic rings. The normalized spacial score (nSPS) is 17.1. The largest absolute Gasteiger partial charge is 0.336 e. The van der Waals surface area contributed by atoms with Crippen molar-refractivity contribution in [1.82, 2.24) is 24.5 Å². The standard InChI is InChI=1S/C21H23F2N5O/c1-13-11-14(2)28-19(25-26-21(28)24-13)20(29)27-10-4-5-15(12-27)8-9-16-17(22)6-3-7-18(16)23/h3,6-7,11,15H,4-5,8-10,12H2,1-2H3/t15-/m1/s1. The van der Waals surface area contributed by atoms with Crippen molar-refractivity contribution in [2.45, 2.75) is 39.5 Å². The van der Waals surface area contributed by atoms with Crippen LogP contribution in [0.4, 0.5) is 8.78 Å². The second kappa shape index (κ2) is 7.85. The van der Waals surface area contributed by atoms with Gasteiger partial charge in [0.1, 0.15) is 11.6 Å². The summed E-state index contributed by atoms with van der Waals surface area (Å²) in [4.78, 5) is 19.2. The summed E-state index contributed by atoms with van der Waals surface area (Å²) in [6, 6.07) is 5.82. The number of fused-ring (bicyclic) bond motifs is 1. The summed E-state index contributed by atoms with van der Waals surface area (Å²) in [5.41, 5.74) is 1.79. The Bertz CT molecular complexity index is 1040. The van der Waals surface area contributed by atoms with Gasteiger partial charge in [0.2, 0.25) is 5.82 Å². The lowest BCUT2D eigenvalue weighted by molar-refractivity contribution is 0.0654. The summed E-state index contributed by atoms with van der Waals surface area (Å²) in [5, 5.41) is 8.12. The third kappa shape index (κ3) is 3.83. The lowest BCUT2D eigenvalue weighted by Crippen LogP contribution is -2.41. The molecule has 3 heterocycles. The lowest BCUT2D eigenvalue weighted by Gasteiger charge is -2.32. The van der Waals surface area contributed by atoms with E-state index in [1.807, 2.05) is 19.9 Å². The number of piperidine rings is 1. The first-order valence-electron chi connectivity index (χ1n) is 9.85. The molecule has 0 aliphatic carbocycles. The second-order valence-corrected chi connectivity index (χ2v) is 7.70. The van der Waals surface area contributed by atoms with Crippen molar-refractivity contribution in [1.29, 1.82) is 0 Å². The quantitative estimate of drug-likeness (QED) is 0.674. The van der Waals surface area contributed by atoms with Crippen LogP contribution in [-0.4, -0.2) is 43.5 Å². The number of benzene rings is 1. The van der Waals surface area contributed by atoms with Crippen molar-refractivity contribution >= 4 is 11.7 Å². The van der Waals surface area contributed by atoms with E-state index < -0.39 is 11.6 Å². The Hall–Kier alpha value is -2.90. The molecule has 0 bridgehead atoms. The van der Waals surface area contributed by atoms with Gasteiger partial charge in [-0.25, -0.2) is 13.8 Å². The molecule has 1 amide bonds. The van der Waals surface area contributed by atoms with E-state index in [4.69, 9.17) is 0 Å². The Morgan fingerprint density at radius 2 is 1.97 bits per heavy atom. The van der Waals surface area contributed by atoms with E-state index in [1.165, 1.54) is 18.2 Å². The van der Waals surface area contributed by atoms with Crippen molar-refractivity contribution in [3.8, 4) is 0 Å². The predicted molar refractivity (Wildman–Crippen MR) is 104 cm³/mol. The molecule has 0 N–H and O–H groups in total. The number of aromatic nitrogens is 4. The molecule has 1 aliphatic rings. The van der Waals surface area contributed by atoms with Crippen LogP contribution in [-0.2, 0) is 6.42 Å². The van der Waals surface area contributed by atoms with Gasteiger partial charge in [-0.2, -0.15) is 0 Å². The molecule has 1 aliphatic heterocycles. The number of hydrogen-bond acceptors (Lipinski definition) is 4. The van der Waals surface area contributed by atoms with Crippen LogP contribution in [0.3, 0.4) is 0 Å². The van der Waals surface area contributed by atoms with Gasteiger partial charge in [0.25, 0.3) is 11.7 Å².